The van der Waals surface area contributed by atoms with E-state index in [1.807, 2.05) is 31.2 Å². The topological polar surface area (TPSA) is 96.0 Å². The first-order valence-corrected chi connectivity index (χ1v) is 14.4. The first kappa shape index (κ1) is 29.5. The molecule has 0 spiro atoms. The molecule has 0 heterocycles. The van der Waals surface area contributed by atoms with Crippen molar-refractivity contribution in [3.63, 3.8) is 0 Å². The molecule has 3 rings (SSSR count). The van der Waals surface area contributed by atoms with Gasteiger partial charge in [0.2, 0.25) is 11.8 Å². The Morgan fingerprint density at radius 2 is 1.61 bits per heavy atom. The van der Waals surface area contributed by atoms with E-state index in [1.165, 1.54) is 36.2 Å². The van der Waals surface area contributed by atoms with Gasteiger partial charge in [-0.3, -0.25) is 13.9 Å². The normalized spacial score (nSPS) is 11.9. The van der Waals surface area contributed by atoms with Crippen LogP contribution < -0.4 is 14.4 Å². The number of likely N-dealkylation sites (N-methyl/N-ethyl adjacent to an activating group) is 1. The fourth-order valence-corrected chi connectivity index (χ4v) is 5.52. The Balaban J connectivity index is 2.02. The van der Waals surface area contributed by atoms with Crippen LogP contribution in [0.3, 0.4) is 0 Å². The molecule has 0 aliphatic heterocycles. The zero-order valence-electron chi connectivity index (χ0n) is 21.2. The van der Waals surface area contributed by atoms with Crippen LogP contribution in [-0.4, -0.2) is 51.4 Å². The standard InChI is InChI=1S/C27H29BrClN3O5S/c1-4-37-24-13-11-23(12-14-24)32(38(35,36)25-15-9-22(29)10-16-25)18-26(33)31(19(2)27(34)30-3)17-20-5-7-21(28)8-6-20/h5-16,19H,4,17-18H2,1-3H3,(H,30,34)/t19-/m1/s1. The fourth-order valence-electron chi connectivity index (χ4n) is 3.72. The van der Waals surface area contributed by atoms with E-state index in [-0.39, 0.29) is 23.0 Å². The van der Waals surface area contributed by atoms with Crippen LogP contribution in [0.5, 0.6) is 5.75 Å². The lowest BCUT2D eigenvalue weighted by Gasteiger charge is -2.31. The molecule has 0 aliphatic carbocycles. The molecular formula is C27H29BrClN3O5S. The summed E-state index contributed by atoms with van der Waals surface area (Å²) in [6.45, 7) is 3.48. The Labute approximate surface area is 236 Å². The summed E-state index contributed by atoms with van der Waals surface area (Å²) in [5.74, 6) is -0.351. The lowest BCUT2D eigenvalue weighted by atomic mass is 10.1. The first-order valence-electron chi connectivity index (χ1n) is 11.8. The number of anilines is 1. The van der Waals surface area contributed by atoms with Crippen molar-refractivity contribution in [3.8, 4) is 5.75 Å². The maximum atomic E-state index is 13.8. The number of hydrogen-bond acceptors (Lipinski definition) is 5. The maximum Gasteiger partial charge on any atom is 0.264 e. The average Bonchev–Trinajstić information content (AvgIpc) is 2.91. The number of nitrogens with zero attached hydrogens (tertiary/aromatic N) is 2. The number of halogens is 2. The number of hydrogen-bond donors (Lipinski definition) is 1. The van der Waals surface area contributed by atoms with Crippen LogP contribution in [-0.2, 0) is 26.2 Å². The van der Waals surface area contributed by atoms with Gasteiger partial charge < -0.3 is 15.0 Å². The largest absolute Gasteiger partial charge is 0.494 e. The SMILES string of the molecule is CCOc1ccc(N(CC(=O)N(Cc2ccc(Br)cc2)[C@H](C)C(=O)NC)S(=O)(=O)c2ccc(Cl)cc2)cc1. The van der Waals surface area contributed by atoms with Crippen molar-refractivity contribution in [1.29, 1.82) is 0 Å². The van der Waals surface area contributed by atoms with Crippen LogP contribution in [0.4, 0.5) is 5.69 Å². The van der Waals surface area contributed by atoms with E-state index in [0.717, 1.165) is 14.3 Å². The second kappa shape index (κ2) is 13.1. The van der Waals surface area contributed by atoms with Gasteiger partial charge in [0.15, 0.2) is 0 Å². The molecule has 3 aromatic rings. The molecule has 0 aromatic heterocycles. The molecule has 0 aliphatic rings. The lowest BCUT2D eigenvalue weighted by Crippen LogP contribution is -2.50. The molecular weight excluding hydrogens is 594 g/mol. The molecule has 2 amide bonds. The fraction of sp³-hybridized carbons (Fsp3) is 0.259. The van der Waals surface area contributed by atoms with Gasteiger partial charge in [0.05, 0.1) is 17.2 Å². The molecule has 8 nitrogen and oxygen atoms in total. The Bertz CT molecular complexity index is 1350. The highest BCUT2D eigenvalue weighted by Gasteiger charge is 2.32. The molecule has 0 saturated heterocycles. The number of sulfonamides is 1. The van der Waals surface area contributed by atoms with Gasteiger partial charge in [-0.2, -0.15) is 0 Å². The minimum absolute atomic E-state index is 0.0256. The quantitative estimate of drug-likeness (QED) is 0.330. The zero-order valence-corrected chi connectivity index (χ0v) is 24.4. The number of rotatable bonds is 11. The second-order valence-electron chi connectivity index (χ2n) is 8.33. The van der Waals surface area contributed by atoms with Gasteiger partial charge >= 0.3 is 0 Å². The van der Waals surface area contributed by atoms with Crippen LogP contribution in [0.1, 0.15) is 19.4 Å². The van der Waals surface area contributed by atoms with Crippen molar-refractivity contribution in [2.75, 3.05) is 24.5 Å². The molecule has 38 heavy (non-hydrogen) atoms. The molecule has 11 heteroatoms. The van der Waals surface area contributed by atoms with E-state index >= 15 is 0 Å². The van der Waals surface area contributed by atoms with Crippen LogP contribution in [0, 0.1) is 0 Å². The number of amides is 2. The predicted molar refractivity (Wildman–Crippen MR) is 152 cm³/mol. The van der Waals surface area contributed by atoms with E-state index < -0.39 is 28.5 Å². The van der Waals surface area contributed by atoms with E-state index in [1.54, 1.807) is 31.2 Å². The summed E-state index contributed by atoms with van der Waals surface area (Å²) in [4.78, 5) is 27.6. The molecule has 0 radical (unpaired) electrons. The smallest absolute Gasteiger partial charge is 0.264 e. The first-order chi connectivity index (χ1) is 18.1. The molecule has 0 unspecified atom stereocenters. The molecule has 0 saturated carbocycles. The summed E-state index contributed by atoms with van der Waals surface area (Å²) in [6.07, 6.45) is 0. The molecule has 3 aromatic carbocycles. The van der Waals surface area contributed by atoms with Crippen molar-refractivity contribution in [1.82, 2.24) is 10.2 Å². The Morgan fingerprint density at radius 1 is 1.00 bits per heavy atom. The van der Waals surface area contributed by atoms with Crippen molar-refractivity contribution in [2.24, 2.45) is 0 Å². The van der Waals surface area contributed by atoms with Gasteiger partial charge in [-0.05, 0) is 80.1 Å². The molecule has 0 bridgehead atoms. The highest BCUT2D eigenvalue weighted by molar-refractivity contribution is 9.10. The lowest BCUT2D eigenvalue weighted by molar-refractivity contribution is -0.139. The van der Waals surface area contributed by atoms with Gasteiger partial charge in [0.1, 0.15) is 18.3 Å². The van der Waals surface area contributed by atoms with Crippen molar-refractivity contribution in [2.45, 2.75) is 31.3 Å². The van der Waals surface area contributed by atoms with Crippen molar-refractivity contribution in [3.05, 3.63) is 87.9 Å². The van der Waals surface area contributed by atoms with Crippen LogP contribution in [0.15, 0.2) is 82.2 Å². The van der Waals surface area contributed by atoms with Gasteiger partial charge in [-0.15, -0.1) is 0 Å². The highest BCUT2D eigenvalue weighted by atomic mass is 79.9. The zero-order chi connectivity index (χ0) is 27.9. The van der Waals surface area contributed by atoms with E-state index in [0.29, 0.717) is 17.4 Å². The van der Waals surface area contributed by atoms with E-state index in [2.05, 4.69) is 21.2 Å². The minimum atomic E-state index is -4.17. The third kappa shape index (κ3) is 7.27. The summed E-state index contributed by atoms with van der Waals surface area (Å²) >= 11 is 9.36. The molecule has 1 N–H and O–H groups in total. The number of nitrogens with one attached hydrogen (secondary N) is 1. The van der Waals surface area contributed by atoms with Gasteiger partial charge in [-0.1, -0.05) is 39.7 Å². The number of benzene rings is 3. The molecule has 1 atom stereocenters. The summed E-state index contributed by atoms with van der Waals surface area (Å²) in [5, 5.41) is 2.94. The summed E-state index contributed by atoms with van der Waals surface area (Å²) in [5.41, 5.74) is 1.05. The van der Waals surface area contributed by atoms with Crippen LogP contribution in [0.25, 0.3) is 0 Å². The Kier molecular flexibility index (Phi) is 10.2. The minimum Gasteiger partial charge on any atom is -0.494 e. The average molecular weight is 623 g/mol. The van der Waals surface area contributed by atoms with Gasteiger partial charge in [0, 0.05) is 23.1 Å². The maximum absolute atomic E-state index is 13.8. The van der Waals surface area contributed by atoms with Gasteiger partial charge in [-0.25, -0.2) is 8.42 Å². The summed E-state index contributed by atoms with van der Waals surface area (Å²) < 4.78 is 34.9. The van der Waals surface area contributed by atoms with Crippen molar-refractivity contribution >= 4 is 55.1 Å². The number of ether oxygens (including phenoxy) is 1. The third-order valence-corrected chi connectivity index (χ3v) is 8.36. The Morgan fingerprint density at radius 3 is 2.16 bits per heavy atom. The number of carbonyl (C=O) groups is 2. The predicted octanol–water partition coefficient (Wildman–Crippen LogP) is 4.86. The summed E-state index contributed by atoms with van der Waals surface area (Å²) in [7, 11) is -2.69. The Hall–Kier alpha value is -3.08. The molecule has 0 fully saturated rings. The van der Waals surface area contributed by atoms with E-state index in [4.69, 9.17) is 16.3 Å². The van der Waals surface area contributed by atoms with Gasteiger partial charge in [0.25, 0.3) is 10.0 Å². The highest BCUT2D eigenvalue weighted by Crippen LogP contribution is 2.27. The number of carbonyl (C=O) groups excluding carboxylic acids is 2. The van der Waals surface area contributed by atoms with Crippen LogP contribution >= 0.6 is 27.5 Å². The van der Waals surface area contributed by atoms with Crippen LogP contribution in [0.2, 0.25) is 5.02 Å². The second-order valence-corrected chi connectivity index (χ2v) is 11.5. The third-order valence-electron chi connectivity index (χ3n) is 5.80. The molecule has 202 valence electrons. The monoisotopic (exact) mass is 621 g/mol. The summed E-state index contributed by atoms with van der Waals surface area (Å²) in [6, 6.07) is 18.6. The van der Waals surface area contributed by atoms with E-state index in [9.17, 15) is 18.0 Å². The van der Waals surface area contributed by atoms with Crippen molar-refractivity contribution < 1.29 is 22.7 Å².